The van der Waals surface area contributed by atoms with E-state index in [1.807, 2.05) is 47.4 Å². The number of hydrogen-bond acceptors (Lipinski definition) is 7. The highest BCUT2D eigenvalue weighted by Gasteiger charge is 2.38. The van der Waals surface area contributed by atoms with E-state index in [1.165, 1.54) is 12.8 Å². The number of ether oxygens (including phenoxy) is 1. The van der Waals surface area contributed by atoms with Crippen LogP contribution in [0.3, 0.4) is 0 Å². The summed E-state index contributed by atoms with van der Waals surface area (Å²) in [6.45, 7) is 6.05. The van der Waals surface area contributed by atoms with Crippen molar-refractivity contribution in [1.29, 1.82) is 0 Å². The molecule has 36 heavy (non-hydrogen) atoms. The number of amides is 1. The highest BCUT2D eigenvalue weighted by Crippen LogP contribution is 2.45. The van der Waals surface area contributed by atoms with Crippen molar-refractivity contribution in [2.45, 2.75) is 19.8 Å². The van der Waals surface area contributed by atoms with Crippen molar-refractivity contribution in [3.63, 3.8) is 0 Å². The van der Waals surface area contributed by atoms with E-state index in [9.17, 15) is 4.79 Å². The minimum absolute atomic E-state index is 0.0307. The highest BCUT2D eigenvalue weighted by molar-refractivity contribution is 5.98. The molecule has 1 amide bonds. The van der Waals surface area contributed by atoms with E-state index in [-0.39, 0.29) is 5.91 Å². The van der Waals surface area contributed by atoms with Gasteiger partial charge in [-0.15, -0.1) is 0 Å². The standard InChI is InChI=1S/C27H29N7O2/c1-27(6-7-27)17-36-20-4-8-29-23(16-20)22-5-9-30-26(33-22)31-19-2-3-21-18(14-19)15-24(32-21)25(35)34-12-10-28-11-13-34/h2-5,8-9,14-16,28,32H,6-7,10-13,17H2,1H3,(H,30,31,33). The fourth-order valence-corrected chi connectivity index (χ4v) is 4.31. The van der Waals surface area contributed by atoms with Crippen LogP contribution in [0.25, 0.3) is 22.3 Å². The lowest BCUT2D eigenvalue weighted by molar-refractivity contribution is 0.0731. The number of rotatable bonds is 7. The summed E-state index contributed by atoms with van der Waals surface area (Å²) >= 11 is 0. The van der Waals surface area contributed by atoms with Gasteiger partial charge in [-0.05, 0) is 49.2 Å². The maximum absolute atomic E-state index is 12.9. The number of H-pyrrole nitrogens is 1. The number of hydrogen-bond donors (Lipinski definition) is 3. The van der Waals surface area contributed by atoms with E-state index < -0.39 is 0 Å². The number of fused-ring (bicyclic) bond motifs is 1. The minimum atomic E-state index is 0.0307. The molecule has 0 bridgehead atoms. The zero-order chi connectivity index (χ0) is 24.5. The second-order valence-electron chi connectivity index (χ2n) is 9.89. The third-order valence-corrected chi connectivity index (χ3v) is 6.85. The van der Waals surface area contributed by atoms with E-state index in [2.05, 4.69) is 37.5 Å². The maximum Gasteiger partial charge on any atom is 0.270 e. The number of carbonyl (C=O) groups is 1. The fourth-order valence-electron chi connectivity index (χ4n) is 4.31. The number of pyridine rings is 1. The van der Waals surface area contributed by atoms with Gasteiger partial charge in [-0.1, -0.05) is 6.92 Å². The third-order valence-electron chi connectivity index (χ3n) is 6.85. The Labute approximate surface area is 209 Å². The molecule has 4 heterocycles. The number of benzene rings is 1. The molecule has 2 aliphatic rings. The highest BCUT2D eigenvalue weighted by atomic mass is 16.5. The van der Waals surface area contributed by atoms with Gasteiger partial charge in [-0.25, -0.2) is 9.97 Å². The molecule has 6 rings (SSSR count). The van der Waals surface area contributed by atoms with Gasteiger partial charge < -0.3 is 25.3 Å². The van der Waals surface area contributed by atoms with Crippen molar-refractivity contribution in [1.82, 2.24) is 30.2 Å². The van der Waals surface area contributed by atoms with Crippen molar-refractivity contribution in [3.8, 4) is 17.1 Å². The van der Waals surface area contributed by atoms with Crippen molar-refractivity contribution >= 4 is 28.4 Å². The molecule has 184 valence electrons. The molecule has 2 fully saturated rings. The molecule has 9 nitrogen and oxygen atoms in total. The van der Waals surface area contributed by atoms with Crippen LogP contribution in [0.1, 0.15) is 30.3 Å². The largest absolute Gasteiger partial charge is 0.493 e. The summed E-state index contributed by atoms with van der Waals surface area (Å²) in [7, 11) is 0. The van der Waals surface area contributed by atoms with E-state index in [4.69, 9.17) is 4.74 Å². The van der Waals surface area contributed by atoms with Gasteiger partial charge in [0.15, 0.2) is 0 Å². The summed E-state index contributed by atoms with van der Waals surface area (Å²) in [5.41, 5.74) is 4.11. The number of nitrogens with one attached hydrogen (secondary N) is 3. The maximum atomic E-state index is 12.9. The van der Waals surface area contributed by atoms with Crippen LogP contribution in [0.15, 0.2) is 54.9 Å². The van der Waals surface area contributed by atoms with Crippen molar-refractivity contribution in [2.75, 3.05) is 38.1 Å². The topological polar surface area (TPSA) is 108 Å². The van der Waals surface area contributed by atoms with Crippen molar-refractivity contribution in [2.24, 2.45) is 5.41 Å². The molecule has 1 aliphatic carbocycles. The normalized spacial score (nSPS) is 16.6. The van der Waals surface area contributed by atoms with Gasteiger partial charge in [0, 0.05) is 66.6 Å². The molecule has 0 spiro atoms. The minimum Gasteiger partial charge on any atom is -0.493 e. The summed E-state index contributed by atoms with van der Waals surface area (Å²) in [6.07, 6.45) is 5.89. The monoisotopic (exact) mass is 483 g/mol. The first-order valence-electron chi connectivity index (χ1n) is 12.4. The molecule has 0 unspecified atom stereocenters. The van der Waals surface area contributed by atoms with Gasteiger partial charge in [0.2, 0.25) is 5.95 Å². The predicted molar refractivity (Wildman–Crippen MR) is 138 cm³/mol. The summed E-state index contributed by atoms with van der Waals surface area (Å²) in [6, 6.07) is 13.4. The van der Waals surface area contributed by atoms with Crippen LogP contribution in [-0.2, 0) is 0 Å². The second kappa shape index (κ2) is 9.23. The third kappa shape index (κ3) is 4.87. The summed E-state index contributed by atoms with van der Waals surface area (Å²) in [5, 5.41) is 7.50. The van der Waals surface area contributed by atoms with Gasteiger partial charge in [-0.2, -0.15) is 0 Å². The van der Waals surface area contributed by atoms with Crippen LogP contribution in [0.5, 0.6) is 5.75 Å². The van der Waals surface area contributed by atoms with Gasteiger partial charge in [0.05, 0.1) is 18.0 Å². The van der Waals surface area contributed by atoms with Gasteiger partial charge >= 0.3 is 0 Å². The zero-order valence-corrected chi connectivity index (χ0v) is 20.3. The van der Waals surface area contributed by atoms with Crippen molar-refractivity contribution in [3.05, 3.63) is 60.6 Å². The molecule has 1 saturated heterocycles. The fraction of sp³-hybridized carbons (Fsp3) is 0.333. The molecule has 4 aromatic rings. The number of aromatic amines is 1. The Morgan fingerprint density at radius 3 is 2.72 bits per heavy atom. The SMILES string of the molecule is CC1(COc2ccnc(-c3ccnc(Nc4ccc5[nH]c(C(=O)N6CCNCC6)cc5c4)n3)c2)CC1. The van der Waals surface area contributed by atoms with Crippen molar-refractivity contribution < 1.29 is 9.53 Å². The molecule has 1 aliphatic heterocycles. The number of piperazine rings is 1. The summed E-state index contributed by atoms with van der Waals surface area (Å²) < 4.78 is 5.99. The Balaban J connectivity index is 1.18. The van der Waals surface area contributed by atoms with E-state index >= 15 is 0 Å². The lowest BCUT2D eigenvalue weighted by Gasteiger charge is -2.26. The van der Waals surface area contributed by atoms with Gasteiger partial charge in [-0.3, -0.25) is 9.78 Å². The van der Waals surface area contributed by atoms with Crippen LogP contribution >= 0.6 is 0 Å². The van der Waals surface area contributed by atoms with E-state index in [0.717, 1.165) is 60.8 Å². The average molecular weight is 484 g/mol. The van der Waals surface area contributed by atoms with Crippen LogP contribution in [0.2, 0.25) is 0 Å². The smallest absolute Gasteiger partial charge is 0.270 e. The Kier molecular flexibility index (Phi) is 5.77. The zero-order valence-electron chi connectivity index (χ0n) is 20.3. The summed E-state index contributed by atoms with van der Waals surface area (Å²) in [5.74, 6) is 1.30. The number of anilines is 2. The molecule has 0 radical (unpaired) electrons. The first kappa shape index (κ1) is 22.5. The van der Waals surface area contributed by atoms with E-state index in [1.54, 1.807) is 12.4 Å². The Hall–Kier alpha value is -3.98. The average Bonchev–Trinajstić information content (AvgIpc) is 3.50. The quantitative estimate of drug-likeness (QED) is 0.365. The number of aromatic nitrogens is 4. The van der Waals surface area contributed by atoms with Crippen LogP contribution in [0, 0.1) is 5.41 Å². The molecule has 3 aromatic heterocycles. The Morgan fingerprint density at radius 1 is 1.06 bits per heavy atom. The Morgan fingerprint density at radius 2 is 1.89 bits per heavy atom. The lowest BCUT2D eigenvalue weighted by atomic mass is 10.2. The number of nitrogens with zero attached hydrogens (tertiary/aromatic N) is 4. The molecule has 3 N–H and O–H groups in total. The lowest BCUT2D eigenvalue weighted by Crippen LogP contribution is -2.46. The first-order valence-corrected chi connectivity index (χ1v) is 12.4. The number of carbonyl (C=O) groups excluding carboxylic acids is 1. The van der Waals surface area contributed by atoms with Crippen LogP contribution in [0.4, 0.5) is 11.6 Å². The molecule has 9 heteroatoms. The molecule has 0 atom stereocenters. The molecular formula is C27H29N7O2. The van der Waals surface area contributed by atoms with Gasteiger partial charge in [0.1, 0.15) is 11.4 Å². The van der Waals surface area contributed by atoms with Crippen LogP contribution in [-0.4, -0.2) is 63.5 Å². The Bertz CT molecular complexity index is 1410. The second-order valence-corrected chi connectivity index (χ2v) is 9.89. The van der Waals surface area contributed by atoms with E-state index in [0.29, 0.717) is 22.8 Å². The summed E-state index contributed by atoms with van der Waals surface area (Å²) in [4.78, 5) is 31.5. The molecule has 1 aromatic carbocycles. The van der Waals surface area contributed by atoms with Crippen LogP contribution < -0.4 is 15.4 Å². The molecular weight excluding hydrogens is 454 g/mol. The van der Waals surface area contributed by atoms with Gasteiger partial charge in [0.25, 0.3) is 5.91 Å². The predicted octanol–water partition coefficient (Wildman–Crippen LogP) is 3.99. The molecule has 1 saturated carbocycles. The first-order chi connectivity index (χ1) is 17.5.